The summed E-state index contributed by atoms with van der Waals surface area (Å²) in [5.41, 5.74) is 1.91. The van der Waals surface area contributed by atoms with Gasteiger partial charge in [-0.25, -0.2) is 4.79 Å². The van der Waals surface area contributed by atoms with Crippen LogP contribution in [0.2, 0.25) is 0 Å². The van der Waals surface area contributed by atoms with Crippen molar-refractivity contribution in [3.8, 4) is 23.0 Å². The summed E-state index contributed by atoms with van der Waals surface area (Å²) in [6.45, 7) is 2.04. The van der Waals surface area contributed by atoms with Crippen LogP contribution >= 0.6 is 0 Å². The summed E-state index contributed by atoms with van der Waals surface area (Å²) in [5, 5.41) is 2.73. The lowest BCUT2D eigenvalue weighted by molar-refractivity contribution is -0.118. The lowest BCUT2D eigenvalue weighted by Crippen LogP contribution is -2.20. The van der Waals surface area contributed by atoms with Gasteiger partial charge in [0.2, 0.25) is 0 Å². The molecule has 3 aromatic carbocycles. The number of para-hydroxylation sites is 2. The van der Waals surface area contributed by atoms with Crippen molar-refractivity contribution in [3.63, 3.8) is 0 Å². The molecule has 0 unspecified atom stereocenters. The Labute approximate surface area is 198 Å². The first-order valence-corrected chi connectivity index (χ1v) is 10.6. The van der Waals surface area contributed by atoms with Crippen molar-refractivity contribution in [2.75, 3.05) is 39.4 Å². The van der Waals surface area contributed by atoms with E-state index in [0.29, 0.717) is 34.2 Å². The topological polar surface area (TPSA) is 92.3 Å². The Balaban J connectivity index is 1.50. The molecule has 3 rings (SSSR count). The van der Waals surface area contributed by atoms with Crippen LogP contribution in [-0.4, -0.2) is 45.9 Å². The van der Waals surface area contributed by atoms with Crippen molar-refractivity contribution in [3.05, 3.63) is 77.9 Å². The van der Waals surface area contributed by atoms with Crippen LogP contribution in [0.15, 0.2) is 66.7 Å². The molecule has 8 heteroatoms. The molecule has 0 aliphatic carbocycles. The second-order valence-electron chi connectivity index (χ2n) is 7.20. The van der Waals surface area contributed by atoms with E-state index in [1.807, 2.05) is 31.2 Å². The Bertz CT molecular complexity index is 1130. The Hall–Kier alpha value is -4.20. The van der Waals surface area contributed by atoms with E-state index < -0.39 is 5.97 Å². The van der Waals surface area contributed by atoms with Gasteiger partial charge in [-0.05, 0) is 55.0 Å². The van der Waals surface area contributed by atoms with Gasteiger partial charge < -0.3 is 29.0 Å². The van der Waals surface area contributed by atoms with Gasteiger partial charge in [0.25, 0.3) is 5.91 Å². The minimum atomic E-state index is -0.522. The molecule has 0 aromatic heterocycles. The highest BCUT2D eigenvalue weighted by molar-refractivity contribution is 5.93. The number of esters is 1. The van der Waals surface area contributed by atoms with Gasteiger partial charge in [0, 0.05) is 0 Å². The maximum Gasteiger partial charge on any atom is 0.338 e. The quantitative estimate of drug-likeness (QED) is 0.334. The summed E-state index contributed by atoms with van der Waals surface area (Å²) in [6, 6.07) is 19.3. The number of anilines is 1. The van der Waals surface area contributed by atoms with Gasteiger partial charge in [-0.2, -0.15) is 0 Å². The summed E-state index contributed by atoms with van der Waals surface area (Å²) < 4.78 is 27.0. The summed E-state index contributed by atoms with van der Waals surface area (Å²) in [7, 11) is 2.97. The smallest absolute Gasteiger partial charge is 0.338 e. The molecule has 178 valence electrons. The first-order chi connectivity index (χ1) is 16.5. The van der Waals surface area contributed by atoms with E-state index in [4.69, 9.17) is 23.7 Å². The largest absolute Gasteiger partial charge is 0.495 e. The van der Waals surface area contributed by atoms with Crippen LogP contribution in [0.3, 0.4) is 0 Å². The zero-order valence-electron chi connectivity index (χ0n) is 19.3. The molecule has 0 spiro atoms. The fraction of sp³-hybridized carbons (Fsp3) is 0.231. The Morgan fingerprint density at radius 2 is 1.59 bits per heavy atom. The molecule has 0 saturated heterocycles. The molecule has 0 aliphatic rings. The van der Waals surface area contributed by atoms with Gasteiger partial charge in [-0.1, -0.05) is 24.3 Å². The van der Waals surface area contributed by atoms with Crippen molar-refractivity contribution in [1.29, 1.82) is 0 Å². The molecule has 0 radical (unpaired) electrons. The number of rotatable bonds is 11. The monoisotopic (exact) mass is 465 g/mol. The molecular weight excluding hydrogens is 438 g/mol. The molecule has 1 N–H and O–H groups in total. The van der Waals surface area contributed by atoms with Crippen molar-refractivity contribution in [2.45, 2.75) is 6.92 Å². The third-order valence-electron chi connectivity index (χ3n) is 4.71. The van der Waals surface area contributed by atoms with E-state index in [-0.39, 0.29) is 25.7 Å². The molecule has 0 heterocycles. The minimum Gasteiger partial charge on any atom is -0.495 e. The average molecular weight is 466 g/mol. The maximum absolute atomic E-state index is 12.4. The van der Waals surface area contributed by atoms with Crippen molar-refractivity contribution in [2.24, 2.45) is 0 Å². The molecule has 0 aliphatic heterocycles. The molecule has 34 heavy (non-hydrogen) atoms. The van der Waals surface area contributed by atoms with Gasteiger partial charge in [0.05, 0.1) is 25.5 Å². The molecule has 0 atom stereocenters. The fourth-order valence-corrected chi connectivity index (χ4v) is 3.07. The van der Waals surface area contributed by atoms with E-state index in [2.05, 4.69) is 5.32 Å². The maximum atomic E-state index is 12.4. The van der Waals surface area contributed by atoms with E-state index in [1.165, 1.54) is 20.3 Å². The number of amides is 1. The minimum absolute atomic E-state index is 0.0937. The predicted octanol–water partition coefficient (Wildman–Crippen LogP) is 4.27. The van der Waals surface area contributed by atoms with Crippen molar-refractivity contribution in [1.82, 2.24) is 0 Å². The molecule has 1 amide bonds. The molecular formula is C26H27NO7. The molecule has 0 fully saturated rings. The summed E-state index contributed by atoms with van der Waals surface area (Å²) in [6.07, 6.45) is 0. The third-order valence-corrected chi connectivity index (χ3v) is 4.71. The Morgan fingerprint density at radius 3 is 2.35 bits per heavy atom. The van der Waals surface area contributed by atoms with Gasteiger partial charge in [-0.3, -0.25) is 4.79 Å². The SMILES string of the molecule is COc1ccccc1NC(=O)COc1ccc(C(=O)OCCOc2cccc(C)c2)cc1OC. The van der Waals surface area contributed by atoms with Crippen molar-refractivity contribution < 1.29 is 33.3 Å². The second-order valence-corrected chi connectivity index (χ2v) is 7.20. The number of nitrogens with one attached hydrogen (secondary N) is 1. The van der Waals surface area contributed by atoms with Gasteiger partial charge in [0.1, 0.15) is 24.7 Å². The van der Waals surface area contributed by atoms with Crippen LogP contribution in [0.25, 0.3) is 0 Å². The highest BCUT2D eigenvalue weighted by Gasteiger charge is 2.14. The van der Waals surface area contributed by atoms with Gasteiger partial charge in [0.15, 0.2) is 18.1 Å². The second kappa shape index (κ2) is 12.2. The number of benzene rings is 3. The molecule has 0 saturated carbocycles. The molecule has 3 aromatic rings. The van der Waals surface area contributed by atoms with E-state index >= 15 is 0 Å². The van der Waals surface area contributed by atoms with E-state index in [9.17, 15) is 9.59 Å². The highest BCUT2D eigenvalue weighted by atomic mass is 16.6. The number of aryl methyl sites for hydroxylation is 1. The van der Waals surface area contributed by atoms with E-state index in [0.717, 1.165) is 5.56 Å². The number of hydrogen-bond donors (Lipinski definition) is 1. The number of hydrogen-bond acceptors (Lipinski definition) is 7. The Kier molecular flexibility index (Phi) is 8.73. The standard InChI is InChI=1S/C26H27NO7/c1-18-7-6-8-20(15-18)32-13-14-33-26(29)19-11-12-23(24(16-19)31-3)34-17-25(28)27-21-9-4-5-10-22(21)30-2/h4-12,15-16H,13-14,17H2,1-3H3,(H,27,28). The number of ether oxygens (including phenoxy) is 5. The predicted molar refractivity (Wildman–Crippen MR) is 127 cm³/mol. The number of methoxy groups -OCH3 is 2. The summed E-state index contributed by atoms with van der Waals surface area (Å²) in [4.78, 5) is 24.6. The van der Waals surface area contributed by atoms with Crippen LogP contribution < -0.4 is 24.3 Å². The third kappa shape index (κ3) is 6.90. The van der Waals surface area contributed by atoms with Gasteiger partial charge >= 0.3 is 5.97 Å². The first-order valence-electron chi connectivity index (χ1n) is 10.6. The first kappa shape index (κ1) is 24.4. The Morgan fingerprint density at radius 1 is 0.794 bits per heavy atom. The average Bonchev–Trinajstić information content (AvgIpc) is 2.85. The number of carbonyl (C=O) groups is 2. The number of carbonyl (C=O) groups excluding carboxylic acids is 2. The zero-order chi connectivity index (χ0) is 24.3. The molecule has 8 nitrogen and oxygen atoms in total. The lowest BCUT2D eigenvalue weighted by Gasteiger charge is -2.13. The highest BCUT2D eigenvalue weighted by Crippen LogP contribution is 2.29. The van der Waals surface area contributed by atoms with E-state index in [1.54, 1.807) is 36.4 Å². The summed E-state index contributed by atoms with van der Waals surface area (Å²) >= 11 is 0. The van der Waals surface area contributed by atoms with Gasteiger partial charge in [-0.15, -0.1) is 0 Å². The van der Waals surface area contributed by atoms with Crippen LogP contribution in [0.4, 0.5) is 5.69 Å². The molecule has 0 bridgehead atoms. The lowest BCUT2D eigenvalue weighted by atomic mass is 10.2. The van der Waals surface area contributed by atoms with Crippen LogP contribution in [-0.2, 0) is 9.53 Å². The van der Waals surface area contributed by atoms with Crippen molar-refractivity contribution >= 4 is 17.6 Å². The zero-order valence-corrected chi connectivity index (χ0v) is 19.3. The summed E-state index contributed by atoms with van der Waals surface area (Å²) in [5.74, 6) is 0.984. The van der Waals surface area contributed by atoms with Crippen LogP contribution in [0.1, 0.15) is 15.9 Å². The normalized spacial score (nSPS) is 10.2. The van der Waals surface area contributed by atoms with Crippen LogP contribution in [0, 0.1) is 6.92 Å². The van der Waals surface area contributed by atoms with Crippen LogP contribution in [0.5, 0.6) is 23.0 Å². The fourth-order valence-electron chi connectivity index (χ4n) is 3.07.